The van der Waals surface area contributed by atoms with E-state index in [0.29, 0.717) is 6.54 Å². The Labute approximate surface area is 119 Å². The van der Waals surface area contributed by atoms with Crippen LogP contribution in [0.15, 0.2) is 6.07 Å². The van der Waals surface area contributed by atoms with Crippen LogP contribution >= 0.6 is 0 Å². The summed E-state index contributed by atoms with van der Waals surface area (Å²) in [6.07, 6.45) is 0.242. The summed E-state index contributed by atoms with van der Waals surface area (Å²) in [4.78, 5) is 23.8. The molecule has 112 valence electrons. The van der Waals surface area contributed by atoms with Crippen molar-refractivity contribution in [2.75, 3.05) is 13.2 Å². The van der Waals surface area contributed by atoms with Crippen molar-refractivity contribution in [3.63, 3.8) is 0 Å². The highest BCUT2D eigenvalue weighted by molar-refractivity contribution is 5.95. The zero-order chi connectivity index (χ0) is 15.1. The van der Waals surface area contributed by atoms with E-state index in [0.717, 1.165) is 11.4 Å². The van der Waals surface area contributed by atoms with Crippen molar-refractivity contribution >= 4 is 11.9 Å². The molecule has 0 aliphatic heterocycles. The molecule has 6 heteroatoms. The van der Waals surface area contributed by atoms with Crippen molar-refractivity contribution in [3.8, 4) is 0 Å². The van der Waals surface area contributed by atoms with Gasteiger partial charge in [0.05, 0.1) is 18.9 Å². The first-order valence-corrected chi connectivity index (χ1v) is 6.90. The van der Waals surface area contributed by atoms with E-state index in [1.54, 1.807) is 18.5 Å². The number of carbonyl (C=O) groups excluding carboxylic acids is 2. The topological polar surface area (TPSA) is 70.4 Å². The van der Waals surface area contributed by atoms with Crippen molar-refractivity contribution in [2.24, 2.45) is 5.92 Å². The molecule has 0 bridgehead atoms. The number of rotatable bonds is 7. The summed E-state index contributed by atoms with van der Waals surface area (Å²) in [6, 6.07) is 1.87. The Balaban J connectivity index is 2.93. The monoisotopic (exact) mass is 282 g/mol. The number of carbonyl (C=O) groups is 2. The summed E-state index contributed by atoms with van der Waals surface area (Å²) >= 11 is 0. The largest absolute Gasteiger partial charge is 0.465 e. The van der Waals surface area contributed by atoms with E-state index in [-0.39, 0.29) is 19.6 Å². The Bertz CT molecular complexity index is 450. The van der Waals surface area contributed by atoms with Gasteiger partial charge in [0.2, 0.25) is 0 Å². The zero-order valence-electron chi connectivity index (χ0n) is 12.5. The minimum absolute atomic E-state index is 0.237. The van der Waals surface area contributed by atoms with Gasteiger partial charge in [-0.15, -0.1) is 0 Å². The Morgan fingerprint density at radius 2 is 1.75 bits per heavy atom. The molecule has 20 heavy (non-hydrogen) atoms. The zero-order valence-corrected chi connectivity index (χ0v) is 12.5. The summed E-state index contributed by atoms with van der Waals surface area (Å²) in [7, 11) is 0. The van der Waals surface area contributed by atoms with Gasteiger partial charge >= 0.3 is 11.9 Å². The van der Waals surface area contributed by atoms with Crippen LogP contribution in [0.5, 0.6) is 0 Å². The molecule has 1 aromatic rings. The fourth-order valence-electron chi connectivity index (χ4n) is 1.99. The fourth-order valence-corrected chi connectivity index (χ4v) is 1.99. The lowest BCUT2D eigenvalue weighted by Crippen LogP contribution is -2.30. The molecule has 0 aliphatic carbocycles. The first kappa shape index (κ1) is 16.2. The number of hydrogen-bond acceptors (Lipinski definition) is 5. The van der Waals surface area contributed by atoms with Crippen LogP contribution in [0.25, 0.3) is 0 Å². The van der Waals surface area contributed by atoms with E-state index in [1.807, 2.05) is 19.9 Å². The third-order valence-corrected chi connectivity index (χ3v) is 2.84. The molecule has 0 aliphatic rings. The number of esters is 2. The Morgan fingerprint density at radius 3 is 2.20 bits per heavy atom. The SMILES string of the molecule is CCOC(=O)C(Cc1cc(C)nn1CC)C(=O)OCC. The van der Waals surface area contributed by atoms with Gasteiger partial charge in [-0.05, 0) is 33.8 Å². The van der Waals surface area contributed by atoms with Gasteiger partial charge in [-0.2, -0.15) is 5.10 Å². The molecule has 0 amide bonds. The van der Waals surface area contributed by atoms with Gasteiger partial charge in [-0.3, -0.25) is 14.3 Å². The third-order valence-electron chi connectivity index (χ3n) is 2.84. The van der Waals surface area contributed by atoms with Crippen LogP contribution in [0.4, 0.5) is 0 Å². The van der Waals surface area contributed by atoms with Gasteiger partial charge in [0.1, 0.15) is 0 Å². The van der Waals surface area contributed by atoms with E-state index in [2.05, 4.69) is 5.10 Å². The Hall–Kier alpha value is -1.85. The van der Waals surface area contributed by atoms with Gasteiger partial charge in [0, 0.05) is 18.7 Å². The van der Waals surface area contributed by atoms with Gasteiger partial charge in [0.15, 0.2) is 5.92 Å². The van der Waals surface area contributed by atoms with E-state index >= 15 is 0 Å². The molecule has 0 aromatic carbocycles. The highest BCUT2D eigenvalue weighted by Gasteiger charge is 2.31. The van der Waals surface area contributed by atoms with Gasteiger partial charge in [0.25, 0.3) is 0 Å². The molecule has 0 spiro atoms. The highest BCUT2D eigenvalue weighted by Crippen LogP contribution is 2.14. The van der Waals surface area contributed by atoms with Crippen molar-refractivity contribution < 1.29 is 19.1 Å². The maximum atomic E-state index is 11.9. The molecule has 0 unspecified atom stereocenters. The maximum absolute atomic E-state index is 11.9. The van der Waals surface area contributed by atoms with Crippen molar-refractivity contribution in [1.82, 2.24) is 9.78 Å². The average Bonchev–Trinajstić information content (AvgIpc) is 2.76. The lowest BCUT2D eigenvalue weighted by Gasteiger charge is -2.14. The second-order valence-corrected chi connectivity index (χ2v) is 4.35. The van der Waals surface area contributed by atoms with Gasteiger partial charge < -0.3 is 9.47 Å². The van der Waals surface area contributed by atoms with Crippen molar-refractivity contribution in [1.29, 1.82) is 0 Å². The molecular weight excluding hydrogens is 260 g/mol. The minimum Gasteiger partial charge on any atom is -0.465 e. The number of hydrogen-bond donors (Lipinski definition) is 0. The average molecular weight is 282 g/mol. The molecule has 0 fully saturated rings. The first-order valence-electron chi connectivity index (χ1n) is 6.90. The van der Waals surface area contributed by atoms with Crippen LogP contribution in [-0.2, 0) is 32.0 Å². The predicted molar refractivity (Wildman–Crippen MR) is 73.1 cm³/mol. The second-order valence-electron chi connectivity index (χ2n) is 4.35. The second kappa shape index (κ2) is 7.67. The number of nitrogens with zero attached hydrogens (tertiary/aromatic N) is 2. The molecule has 0 saturated carbocycles. The molecule has 0 saturated heterocycles. The summed E-state index contributed by atoms with van der Waals surface area (Å²) in [5.41, 5.74) is 1.68. The minimum atomic E-state index is -0.934. The molecule has 1 aromatic heterocycles. The smallest absolute Gasteiger partial charge is 0.320 e. The molecule has 6 nitrogen and oxygen atoms in total. The molecule has 0 radical (unpaired) electrons. The Morgan fingerprint density at radius 1 is 1.20 bits per heavy atom. The van der Waals surface area contributed by atoms with Crippen LogP contribution in [-0.4, -0.2) is 34.9 Å². The quantitative estimate of drug-likeness (QED) is 0.560. The molecule has 0 atom stereocenters. The lowest BCUT2D eigenvalue weighted by atomic mass is 10.0. The highest BCUT2D eigenvalue weighted by atomic mass is 16.6. The number of ether oxygens (including phenoxy) is 2. The maximum Gasteiger partial charge on any atom is 0.320 e. The van der Waals surface area contributed by atoms with Crippen LogP contribution in [0.3, 0.4) is 0 Å². The first-order chi connectivity index (χ1) is 9.53. The summed E-state index contributed by atoms with van der Waals surface area (Å²) in [6.45, 7) is 8.41. The standard InChI is InChI=1S/C14H22N2O4/c1-5-16-11(8-10(4)15-16)9-12(13(17)19-6-2)14(18)20-7-3/h8,12H,5-7,9H2,1-4H3. The van der Waals surface area contributed by atoms with E-state index < -0.39 is 17.9 Å². The van der Waals surface area contributed by atoms with E-state index in [1.165, 1.54) is 0 Å². The lowest BCUT2D eigenvalue weighted by molar-refractivity contribution is -0.161. The summed E-state index contributed by atoms with van der Waals surface area (Å²) in [5, 5.41) is 4.31. The summed E-state index contributed by atoms with van der Waals surface area (Å²) < 4.78 is 11.7. The van der Waals surface area contributed by atoms with Crippen LogP contribution in [0.1, 0.15) is 32.2 Å². The van der Waals surface area contributed by atoms with Crippen molar-refractivity contribution in [2.45, 2.75) is 40.7 Å². The molecular formula is C14H22N2O4. The predicted octanol–water partition coefficient (Wildman–Crippen LogP) is 1.50. The van der Waals surface area contributed by atoms with E-state index in [4.69, 9.17) is 9.47 Å². The van der Waals surface area contributed by atoms with Gasteiger partial charge in [-0.25, -0.2) is 0 Å². The van der Waals surface area contributed by atoms with Crippen LogP contribution in [0, 0.1) is 12.8 Å². The normalized spacial score (nSPS) is 10.7. The number of aryl methyl sites for hydroxylation is 2. The van der Waals surface area contributed by atoms with Gasteiger partial charge in [-0.1, -0.05) is 0 Å². The molecule has 1 rings (SSSR count). The molecule has 0 N–H and O–H groups in total. The van der Waals surface area contributed by atoms with Crippen LogP contribution in [0.2, 0.25) is 0 Å². The van der Waals surface area contributed by atoms with Crippen molar-refractivity contribution in [3.05, 3.63) is 17.5 Å². The third kappa shape index (κ3) is 4.08. The van der Waals surface area contributed by atoms with Crippen LogP contribution < -0.4 is 0 Å². The Kier molecular flexibility index (Phi) is 6.21. The fraction of sp³-hybridized carbons (Fsp3) is 0.643. The summed E-state index contributed by atoms with van der Waals surface area (Å²) in [5.74, 6) is -2.03. The molecule has 1 heterocycles. The number of aromatic nitrogens is 2. The van der Waals surface area contributed by atoms with E-state index in [9.17, 15) is 9.59 Å².